The molecule has 0 spiro atoms. The molecule has 14 nitrogen and oxygen atoms in total. The van der Waals surface area contributed by atoms with E-state index >= 15 is 0 Å². The number of ether oxygens (including phenoxy) is 4. The molecule has 12 unspecified atom stereocenters. The van der Waals surface area contributed by atoms with Gasteiger partial charge in [0.25, 0.3) is 0 Å². The van der Waals surface area contributed by atoms with Crippen molar-refractivity contribution in [3.63, 3.8) is 0 Å². The van der Waals surface area contributed by atoms with E-state index in [0.717, 1.165) is 44.9 Å². The van der Waals surface area contributed by atoms with Crippen molar-refractivity contribution in [3.05, 3.63) is 48.6 Å². The summed E-state index contributed by atoms with van der Waals surface area (Å²) in [6, 6.07) is -0.941. The van der Waals surface area contributed by atoms with Gasteiger partial charge < -0.3 is 65.1 Å². The Hall–Kier alpha value is -2.05. The van der Waals surface area contributed by atoms with Crippen LogP contribution in [0, 0.1) is 0 Å². The van der Waals surface area contributed by atoms with Crippen LogP contribution >= 0.6 is 0 Å². The number of hydrogen-bond donors (Lipinski definition) is 9. The summed E-state index contributed by atoms with van der Waals surface area (Å²) in [6.45, 7) is 2.81. The summed E-state index contributed by atoms with van der Waals surface area (Å²) < 4.78 is 22.8. The largest absolute Gasteiger partial charge is 0.394 e. The zero-order valence-electron chi connectivity index (χ0n) is 53.4. The normalized spacial score (nSPS) is 23.9. The van der Waals surface area contributed by atoms with E-state index in [2.05, 4.69) is 55.6 Å². The number of aliphatic hydroxyl groups is 8. The quantitative estimate of drug-likeness (QED) is 0.0204. The Bertz CT molecular complexity index is 1590. The molecule has 0 aromatic carbocycles. The molecule has 2 saturated heterocycles. The van der Waals surface area contributed by atoms with Gasteiger partial charge in [0.2, 0.25) is 5.91 Å². The van der Waals surface area contributed by atoms with E-state index in [1.807, 2.05) is 6.08 Å². The lowest BCUT2D eigenvalue weighted by molar-refractivity contribution is -0.359. The van der Waals surface area contributed by atoms with Gasteiger partial charge in [-0.05, 0) is 70.6 Å². The molecule has 0 radical (unpaired) electrons. The second-order valence-electron chi connectivity index (χ2n) is 24.6. The van der Waals surface area contributed by atoms with E-state index in [9.17, 15) is 45.6 Å². The van der Waals surface area contributed by atoms with Gasteiger partial charge >= 0.3 is 0 Å². The first-order valence-corrected chi connectivity index (χ1v) is 34.9. The van der Waals surface area contributed by atoms with Gasteiger partial charge in [-0.15, -0.1) is 0 Å². The SMILES string of the molecule is CCCCCCCCCC/C=C\CCCCCCCCCCCC(=O)NC(COC1OC(CO)C(OC2OC(CO)C(O)C(O)C2O)C(O)C1O)C(O)/C=C/CC/C=C/CC/C=C/CCCCCCCCCCCCCCCCCCCCC. The van der Waals surface area contributed by atoms with Crippen molar-refractivity contribution in [1.82, 2.24) is 5.32 Å². The van der Waals surface area contributed by atoms with Gasteiger partial charge in [0.1, 0.15) is 48.8 Å². The van der Waals surface area contributed by atoms with Crippen LogP contribution in [0.1, 0.15) is 296 Å². The highest BCUT2D eigenvalue weighted by molar-refractivity contribution is 5.76. The van der Waals surface area contributed by atoms with Gasteiger partial charge in [0.15, 0.2) is 12.6 Å². The lowest BCUT2D eigenvalue weighted by atomic mass is 9.97. The Balaban J connectivity index is 1.71. The number of rotatable bonds is 57. The Morgan fingerprint density at radius 1 is 0.417 bits per heavy atom. The maximum Gasteiger partial charge on any atom is 0.220 e. The van der Waals surface area contributed by atoms with E-state index in [1.54, 1.807) is 6.08 Å². The second kappa shape index (κ2) is 55.1. The Morgan fingerprint density at radius 2 is 0.762 bits per heavy atom. The molecule has 2 aliphatic heterocycles. The number of amides is 1. The van der Waals surface area contributed by atoms with Crippen LogP contribution in [0.5, 0.6) is 0 Å². The molecule has 2 fully saturated rings. The average molecular weight is 1190 g/mol. The summed E-state index contributed by atoms with van der Waals surface area (Å²) in [6.07, 6.45) is 54.6. The maximum absolute atomic E-state index is 13.3. The molecule has 0 aromatic rings. The first-order chi connectivity index (χ1) is 41.1. The van der Waals surface area contributed by atoms with Gasteiger partial charge in [-0.1, -0.05) is 268 Å². The molecule has 0 aromatic heterocycles. The fourth-order valence-corrected chi connectivity index (χ4v) is 11.4. The van der Waals surface area contributed by atoms with E-state index in [1.165, 1.54) is 218 Å². The molecule has 0 saturated carbocycles. The molecule has 2 heterocycles. The summed E-state index contributed by atoms with van der Waals surface area (Å²) >= 11 is 0. The Morgan fingerprint density at radius 3 is 1.17 bits per heavy atom. The lowest BCUT2D eigenvalue weighted by Gasteiger charge is -2.46. The van der Waals surface area contributed by atoms with Crippen LogP contribution in [0.15, 0.2) is 48.6 Å². The predicted molar refractivity (Wildman–Crippen MR) is 341 cm³/mol. The van der Waals surface area contributed by atoms with Crippen LogP contribution in [0.25, 0.3) is 0 Å². The summed E-state index contributed by atoms with van der Waals surface area (Å²) in [5.74, 6) is -0.253. The second-order valence-corrected chi connectivity index (χ2v) is 24.6. The highest BCUT2D eigenvalue weighted by Gasteiger charge is 2.51. The molecule has 84 heavy (non-hydrogen) atoms. The predicted octanol–water partition coefficient (Wildman–Crippen LogP) is 13.9. The zero-order chi connectivity index (χ0) is 60.9. The third-order valence-electron chi connectivity index (χ3n) is 17.0. The van der Waals surface area contributed by atoms with E-state index in [4.69, 9.17) is 18.9 Å². The number of carbonyl (C=O) groups is 1. The lowest BCUT2D eigenvalue weighted by Crippen LogP contribution is -2.65. The fourth-order valence-electron chi connectivity index (χ4n) is 11.4. The number of hydrogen-bond acceptors (Lipinski definition) is 13. The van der Waals surface area contributed by atoms with Crippen LogP contribution in [0.4, 0.5) is 0 Å². The first kappa shape index (κ1) is 78.0. The minimum absolute atomic E-state index is 0.253. The topological polar surface area (TPSA) is 228 Å². The number of aliphatic hydroxyl groups excluding tert-OH is 8. The number of carbonyl (C=O) groups excluding carboxylic acids is 1. The highest BCUT2D eigenvalue weighted by atomic mass is 16.7. The molecule has 12 atom stereocenters. The van der Waals surface area contributed by atoms with Crippen LogP contribution in [0.3, 0.4) is 0 Å². The van der Waals surface area contributed by atoms with Gasteiger partial charge in [-0.3, -0.25) is 4.79 Å². The molecule has 1 amide bonds. The van der Waals surface area contributed by atoms with Gasteiger partial charge in [-0.2, -0.15) is 0 Å². The molecule has 0 bridgehead atoms. The van der Waals surface area contributed by atoms with E-state index < -0.39 is 86.8 Å². The summed E-state index contributed by atoms with van der Waals surface area (Å²) in [4.78, 5) is 13.3. The highest BCUT2D eigenvalue weighted by Crippen LogP contribution is 2.30. The van der Waals surface area contributed by atoms with Crippen molar-refractivity contribution in [2.45, 2.75) is 370 Å². The summed E-state index contributed by atoms with van der Waals surface area (Å²) in [7, 11) is 0. The van der Waals surface area contributed by atoms with Crippen molar-refractivity contribution in [2.24, 2.45) is 0 Å². The smallest absolute Gasteiger partial charge is 0.220 e. The Labute approximate surface area is 512 Å². The zero-order valence-corrected chi connectivity index (χ0v) is 53.4. The van der Waals surface area contributed by atoms with Gasteiger partial charge in [-0.25, -0.2) is 0 Å². The molecule has 2 aliphatic rings. The maximum atomic E-state index is 13.3. The summed E-state index contributed by atoms with van der Waals surface area (Å²) in [5, 5.41) is 87.4. The molecular weight excluding hydrogens is 1060 g/mol. The minimum atomic E-state index is -1.79. The van der Waals surface area contributed by atoms with Crippen molar-refractivity contribution in [3.8, 4) is 0 Å². The standard InChI is InChI=1S/C70H129NO13/c1-3-5-7-9-11-13-15-17-19-21-23-25-26-27-28-29-30-31-32-34-35-37-39-41-43-45-47-49-51-53-59(74)58(57-81-69-67(80)65(78)68(61(56-73)83-69)84-70-66(79)64(77)63(76)60(55-72)82-70)71-62(75)54-52-50-48-46-44-42-40-38-36-33-24-22-20-18-16-14-12-10-8-6-4-2/h22,24,35,37,43,45,51,53,58-61,63-70,72-74,76-80H,3-21,23,25-34,36,38-42,44,46-50,52,54-57H2,1-2H3,(H,71,75)/b24-22-,37-35+,45-43+,53-51+. The molecule has 2 rings (SSSR count). The van der Waals surface area contributed by atoms with Gasteiger partial charge in [0, 0.05) is 6.42 Å². The molecule has 0 aliphatic carbocycles. The van der Waals surface area contributed by atoms with Crippen molar-refractivity contribution < 1.29 is 64.6 Å². The number of nitrogens with one attached hydrogen (secondary N) is 1. The molecule has 9 N–H and O–H groups in total. The third kappa shape index (κ3) is 39.1. The van der Waals surface area contributed by atoms with E-state index in [-0.39, 0.29) is 18.9 Å². The average Bonchev–Trinajstić information content (AvgIpc) is 3.18. The minimum Gasteiger partial charge on any atom is -0.394 e. The van der Waals surface area contributed by atoms with Gasteiger partial charge in [0.05, 0.1) is 32.0 Å². The molecular formula is C70H129NO13. The van der Waals surface area contributed by atoms with Crippen LogP contribution in [-0.2, 0) is 23.7 Å². The van der Waals surface area contributed by atoms with Crippen LogP contribution in [-0.4, -0.2) is 140 Å². The Kier molecular flexibility index (Phi) is 51.1. The monoisotopic (exact) mass is 1190 g/mol. The van der Waals surface area contributed by atoms with Crippen LogP contribution < -0.4 is 5.32 Å². The van der Waals surface area contributed by atoms with Crippen molar-refractivity contribution in [2.75, 3.05) is 19.8 Å². The van der Waals surface area contributed by atoms with Crippen LogP contribution in [0.2, 0.25) is 0 Å². The molecule has 14 heteroatoms. The summed E-state index contributed by atoms with van der Waals surface area (Å²) in [5.41, 5.74) is 0. The van der Waals surface area contributed by atoms with E-state index in [0.29, 0.717) is 12.8 Å². The number of unbranched alkanes of at least 4 members (excludes halogenated alkanes) is 38. The molecule has 492 valence electrons. The third-order valence-corrected chi connectivity index (χ3v) is 17.0. The van der Waals surface area contributed by atoms with Crippen molar-refractivity contribution >= 4 is 5.91 Å². The van der Waals surface area contributed by atoms with Crippen molar-refractivity contribution in [1.29, 1.82) is 0 Å². The fraction of sp³-hybridized carbons (Fsp3) is 0.871. The first-order valence-electron chi connectivity index (χ1n) is 34.9. The number of allylic oxidation sites excluding steroid dienone is 7.